The number of aromatic nitrogens is 3. The Morgan fingerprint density at radius 3 is 2.95 bits per heavy atom. The van der Waals surface area contributed by atoms with E-state index < -0.39 is 5.60 Å². The number of nitrogens with zero attached hydrogens (tertiary/aromatic N) is 3. The zero-order valence-corrected chi connectivity index (χ0v) is 12.4. The van der Waals surface area contributed by atoms with Gasteiger partial charge in [0.2, 0.25) is 0 Å². The van der Waals surface area contributed by atoms with E-state index in [0.717, 1.165) is 18.2 Å². The lowest BCUT2D eigenvalue weighted by Gasteiger charge is -2.28. The van der Waals surface area contributed by atoms with Crippen LogP contribution in [0.5, 0.6) is 0 Å². The van der Waals surface area contributed by atoms with Crippen molar-refractivity contribution in [1.82, 2.24) is 14.5 Å². The van der Waals surface area contributed by atoms with Gasteiger partial charge in [0.25, 0.3) is 5.56 Å². The normalized spacial score (nSPS) is 26.2. The van der Waals surface area contributed by atoms with Crippen molar-refractivity contribution >= 4 is 22.8 Å². The lowest BCUT2D eigenvalue weighted by molar-refractivity contribution is 0.0266. The van der Waals surface area contributed by atoms with E-state index in [0.29, 0.717) is 17.2 Å². The highest BCUT2D eigenvalue weighted by Gasteiger charge is 2.39. The van der Waals surface area contributed by atoms with Crippen molar-refractivity contribution in [1.29, 1.82) is 0 Å². The largest absolute Gasteiger partial charge is 0.388 e. The van der Waals surface area contributed by atoms with Crippen LogP contribution < -0.4 is 5.56 Å². The first-order valence-electron chi connectivity index (χ1n) is 6.67. The van der Waals surface area contributed by atoms with E-state index in [2.05, 4.69) is 9.97 Å². The van der Waals surface area contributed by atoms with Crippen molar-refractivity contribution in [3.63, 3.8) is 0 Å². The summed E-state index contributed by atoms with van der Waals surface area (Å²) in [5.74, 6) is 0. The zero-order valence-electron chi connectivity index (χ0n) is 11.5. The Labute approximate surface area is 121 Å². The summed E-state index contributed by atoms with van der Waals surface area (Å²) < 4.78 is 1.64. The Kier molecular flexibility index (Phi) is 3.30. The highest BCUT2D eigenvalue weighted by Crippen LogP contribution is 2.39. The molecule has 1 aliphatic rings. The van der Waals surface area contributed by atoms with E-state index in [1.165, 1.54) is 17.8 Å². The number of hydrogen-bond donors (Lipinski definition) is 1. The summed E-state index contributed by atoms with van der Waals surface area (Å²) in [6.07, 6.45) is 6.05. The van der Waals surface area contributed by atoms with E-state index in [4.69, 9.17) is 0 Å². The van der Waals surface area contributed by atoms with Gasteiger partial charge in [0.1, 0.15) is 5.65 Å². The third-order valence-electron chi connectivity index (χ3n) is 4.02. The van der Waals surface area contributed by atoms with Crippen LogP contribution in [0.2, 0.25) is 0 Å². The molecule has 2 heterocycles. The molecule has 0 spiro atoms. The first kappa shape index (κ1) is 13.6. The highest BCUT2D eigenvalue weighted by atomic mass is 32.2. The zero-order chi connectivity index (χ0) is 14.3. The Hall–Kier alpha value is -1.40. The van der Waals surface area contributed by atoms with E-state index in [-0.39, 0.29) is 11.6 Å². The average Bonchev–Trinajstić information content (AvgIpc) is 2.77. The summed E-state index contributed by atoms with van der Waals surface area (Å²) in [6.45, 7) is 1.80. The molecule has 0 saturated heterocycles. The van der Waals surface area contributed by atoms with E-state index in [1.807, 2.05) is 6.26 Å². The van der Waals surface area contributed by atoms with Crippen LogP contribution in [-0.4, -0.2) is 31.5 Å². The molecule has 0 amide bonds. The molecule has 1 aliphatic carbocycles. The van der Waals surface area contributed by atoms with Crippen molar-refractivity contribution in [2.24, 2.45) is 0 Å². The van der Waals surface area contributed by atoms with Gasteiger partial charge in [0.05, 0.1) is 11.6 Å². The Balaban J connectivity index is 2.28. The molecule has 20 heavy (non-hydrogen) atoms. The molecule has 0 aliphatic heterocycles. The van der Waals surface area contributed by atoms with Crippen molar-refractivity contribution in [2.45, 2.75) is 43.0 Å². The summed E-state index contributed by atoms with van der Waals surface area (Å²) in [5, 5.41) is 12.0. The van der Waals surface area contributed by atoms with Crippen LogP contribution in [0.3, 0.4) is 0 Å². The summed E-state index contributed by atoms with van der Waals surface area (Å²) in [7, 11) is 0. The van der Waals surface area contributed by atoms with Crippen LogP contribution in [0, 0.1) is 0 Å². The highest BCUT2D eigenvalue weighted by molar-refractivity contribution is 7.98. The van der Waals surface area contributed by atoms with Crippen molar-refractivity contribution in [3.8, 4) is 0 Å². The molecule has 0 aromatic carbocycles. The van der Waals surface area contributed by atoms with Crippen molar-refractivity contribution in [2.75, 3.05) is 6.26 Å². The fourth-order valence-corrected chi connectivity index (χ4v) is 3.30. The minimum atomic E-state index is -0.859. The molecule has 1 fully saturated rings. The first-order chi connectivity index (χ1) is 9.53. The minimum absolute atomic E-state index is 0.115. The maximum Gasteiger partial charge on any atom is 0.252 e. The van der Waals surface area contributed by atoms with Crippen LogP contribution in [0.25, 0.3) is 11.0 Å². The molecule has 2 aromatic rings. The summed E-state index contributed by atoms with van der Waals surface area (Å²) >= 11 is 1.44. The average molecular weight is 291 g/mol. The van der Waals surface area contributed by atoms with Crippen LogP contribution in [0.1, 0.15) is 32.2 Å². The lowest BCUT2D eigenvalue weighted by Crippen LogP contribution is -2.37. The van der Waals surface area contributed by atoms with Gasteiger partial charge in [-0.1, -0.05) is 11.8 Å². The molecule has 1 N–H and O–H groups in total. The molecule has 0 radical (unpaired) electrons. The Bertz CT molecular complexity index is 711. The molecule has 5 nitrogen and oxygen atoms in total. The number of thioether (sulfide) groups is 1. The molecular weight excluding hydrogens is 274 g/mol. The van der Waals surface area contributed by atoms with Crippen molar-refractivity contribution in [3.05, 3.63) is 28.7 Å². The number of fused-ring (bicyclic) bond motifs is 1. The van der Waals surface area contributed by atoms with E-state index >= 15 is 0 Å². The molecule has 2 atom stereocenters. The minimum Gasteiger partial charge on any atom is -0.388 e. The van der Waals surface area contributed by atoms with Crippen LogP contribution in [-0.2, 0) is 0 Å². The standard InChI is InChI=1S/C14H17N3O2S/c1-14(19)7-3-4-10(14)17-11(18)6-5-9-8-15-13(20-2)16-12(9)17/h5-6,8,10,19H,3-4,7H2,1-2H3/t10-,14-/m1/s1. The maximum atomic E-state index is 12.3. The maximum absolute atomic E-state index is 12.3. The van der Waals surface area contributed by atoms with Gasteiger partial charge in [-0.25, -0.2) is 9.97 Å². The second kappa shape index (κ2) is 4.86. The summed E-state index contributed by atoms with van der Waals surface area (Å²) in [5.41, 5.74) is -0.359. The van der Waals surface area contributed by atoms with Crippen LogP contribution >= 0.6 is 11.8 Å². The number of hydrogen-bond acceptors (Lipinski definition) is 5. The summed E-state index contributed by atoms with van der Waals surface area (Å²) in [6, 6.07) is 3.05. The second-order valence-corrected chi connectivity index (χ2v) is 6.22. The molecule has 2 aromatic heterocycles. The molecule has 106 valence electrons. The van der Waals surface area contributed by atoms with Crippen LogP contribution in [0.4, 0.5) is 0 Å². The van der Waals surface area contributed by atoms with Crippen LogP contribution in [0.15, 0.2) is 28.3 Å². The molecule has 6 heteroatoms. The van der Waals surface area contributed by atoms with Gasteiger partial charge in [-0.2, -0.15) is 0 Å². The predicted octanol–water partition coefficient (Wildman–Crippen LogP) is 1.99. The number of aliphatic hydroxyl groups is 1. The van der Waals surface area contributed by atoms with Gasteiger partial charge < -0.3 is 5.11 Å². The quantitative estimate of drug-likeness (QED) is 0.677. The fourth-order valence-electron chi connectivity index (χ4n) is 2.96. The smallest absolute Gasteiger partial charge is 0.252 e. The number of pyridine rings is 1. The summed E-state index contributed by atoms with van der Waals surface area (Å²) in [4.78, 5) is 21.0. The van der Waals surface area contributed by atoms with Crippen molar-refractivity contribution < 1.29 is 5.11 Å². The van der Waals surface area contributed by atoms with E-state index in [1.54, 1.807) is 23.8 Å². The van der Waals surface area contributed by atoms with Gasteiger partial charge in [0, 0.05) is 17.6 Å². The number of rotatable bonds is 2. The third kappa shape index (κ3) is 2.13. The Morgan fingerprint density at radius 2 is 2.30 bits per heavy atom. The predicted molar refractivity (Wildman–Crippen MR) is 79.1 cm³/mol. The first-order valence-corrected chi connectivity index (χ1v) is 7.90. The molecule has 1 saturated carbocycles. The third-order valence-corrected chi connectivity index (χ3v) is 4.58. The monoisotopic (exact) mass is 291 g/mol. The molecule has 0 bridgehead atoms. The topological polar surface area (TPSA) is 68.0 Å². The fraction of sp³-hybridized carbons (Fsp3) is 0.500. The van der Waals surface area contributed by atoms with Gasteiger partial charge in [0.15, 0.2) is 5.16 Å². The van der Waals surface area contributed by atoms with Gasteiger partial charge in [-0.3, -0.25) is 9.36 Å². The Morgan fingerprint density at radius 1 is 1.50 bits per heavy atom. The lowest BCUT2D eigenvalue weighted by atomic mass is 10.00. The van der Waals surface area contributed by atoms with E-state index in [9.17, 15) is 9.90 Å². The SMILES string of the molecule is CSc1ncc2ccc(=O)n([C@@H]3CCC[C@@]3(C)O)c2n1. The molecule has 3 rings (SSSR count). The van der Waals surface area contributed by atoms with Gasteiger partial charge >= 0.3 is 0 Å². The van der Waals surface area contributed by atoms with Gasteiger partial charge in [-0.15, -0.1) is 0 Å². The molecule has 0 unspecified atom stereocenters. The molecular formula is C14H17N3O2S. The second-order valence-electron chi connectivity index (χ2n) is 5.44. The van der Waals surface area contributed by atoms with Gasteiger partial charge in [-0.05, 0) is 38.5 Å².